The normalized spacial score (nSPS) is 10.5. The van der Waals surface area contributed by atoms with Crippen LogP contribution in [0.1, 0.15) is 16.7 Å². The molecule has 0 amide bonds. The topological polar surface area (TPSA) is 32.3 Å². The van der Waals surface area contributed by atoms with Gasteiger partial charge in [0.2, 0.25) is 0 Å². The summed E-state index contributed by atoms with van der Waals surface area (Å²) in [4.78, 5) is 0. The van der Waals surface area contributed by atoms with Crippen LogP contribution in [0.3, 0.4) is 0 Å². The molecule has 1 aromatic carbocycles. The molecule has 0 heterocycles. The molecule has 2 N–H and O–H groups in total. The molecule has 0 saturated carbocycles. The minimum absolute atomic E-state index is 0.345. The molecule has 13 heavy (non-hydrogen) atoms. The van der Waals surface area contributed by atoms with Gasteiger partial charge in [-0.05, 0) is 53.5 Å². The minimum Gasteiger partial charge on any atom is -0.506 e. The van der Waals surface area contributed by atoms with Crippen molar-refractivity contribution in [1.29, 1.82) is 0 Å². The highest BCUT2D eigenvalue weighted by Gasteiger charge is 2.09. The Morgan fingerprint density at radius 2 is 2.08 bits per heavy atom. The third-order valence-corrected chi connectivity index (χ3v) is 3.12. The lowest BCUT2D eigenvalue weighted by atomic mass is 10.0. The Bertz CT molecular complexity index is 323. The fourth-order valence-electron chi connectivity index (χ4n) is 1.30. The number of benzene rings is 1. The molecule has 0 aliphatic rings. The standard InChI is InChI=1S/C10H14BrNO/c1-6-4-8(5-12-3)7(2)9(11)10(6)13/h4,12-13H,5H2,1-3H3. The van der Waals surface area contributed by atoms with Crippen LogP contribution in [0, 0.1) is 13.8 Å². The van der Waals surface area contributed by atoms with E-state index in [0.717, 1.165) is 22.1 Å². The maximum Gasteiger partial charge on any atom is 0.132 e. The van der Waals surface area contributed by atoms with Gasteiger partial charge in [0.05, 0.1) is 4.47 Å². The zero-order chi connectivity index (χ0) is 10.0. The molecular weight excluding hydrogens is 230 g/mol. The number of hydrogen-bond donors (Lipinski definition) is 2. The fraction of sp³-hybridized carbons (Fsp3) is 0.400. The predicted octanol–water partition coefficient (Wildman–Crippen LogP) is 2.49. The summed E-state index contributed by atoms with van der Waals surface area (Å²) in [6.45, 7) is 4.72. The minimum atomic E-state index is 0.345. The molecule has 0 radical (unpaired) electrons. The number of phenols is 1. The summed E-state index contributed by atoms with van der Waals surface area (Å²) in [7, 11) is 1.91. The first-order chi connectivity index (χ1) is 6.07. The molecule has 0 saturated heterocycles. The highest BCUT2D eigenvalue weighted by atomic mass is 79.9. The molecule has 0 bridgehead atoms. The molecule has 0 spiro atoms. The Hall–Kier alpha value is -0.540. The van der Waals surface area contributed by atoms with E-state index < -0.39 is 0 Å². The first-order valence-electron chi connectivity index (χ1n) is 4.20. The van der Waals surface area contributed by atoms with Crippen LogP contribution in [0.5, 0.6) is 5.75 Å². The third-order valence-electron chi connectivity index (χ3n) is 2.15. The van der Waals surface area contributed by atoms with Crippen LogP contribution in [0.2, 0.25) is 0 Å². The predicted molar refractivity (Wildman–Crippen MR) is 58.0 cm³/mol. The summed E-state index contributed by atoms with van der Waals surface area (Å²) in [5.74, 6) is 0.345. The van der Waals surface area contributed by atoms with Crippen LogP contribution in [0.4, 0.5) is 0 Å². The number of aromatic hydroxyl groups is 1. The van der Waals surface area contributed by atoms with Gasteiger partial charge in [-0.25, -0.2) is 0 Å². The molecule has 0 aliphatic heterocycles. The van der Waals surface area contributed by atoms with Crippen LogP contribution < -0.4 is 5.32 Å². The molecule has 0 unspecified atom stereocenters. The summed E-state index contributed by atoms with van der Waals surface area (Å²) in [6, 6.07) is 2.01. The van der Waals surface area contributed by atoms with E-state index in [-0.39, 0.29) is 0 Å². The number of aryl methyl sites for hydroxylation is 1. The van der Waals surface area contributed by atoms with Crippen molar-refractivity contribution in [2.45, 2.75) is 20.4 Å². The Labute approximate surface area is 87.1 Å². The number of hydrogen-bond acceptors (Lipinski definition) is 2. The van der Waals surface area contributed by atoms with E-state index in [4.69, 9.17) is 0 Å². The number of halogens is 1. The highest BCUT2D eigenvalue weighted by molar-refractivity contribution is 9.10. The quantitative estimate of drug-likeness (QED) is 0.837. The van der Waals surface area contributed by atoms with Crippen LogP contribution in [-0.2, 0) is 6.54 Å². The van der Waals surface area contributed by atoms with E-state index in [2.05, 4.69) is 21.2 Å². The molecule has 2 nitrogen and oxygen atoms in total. The van der Waals surface area contributed by atoms with E-state index in [9.17, 15) is 5.11 Å². The lowest BCUT2D eigenvalue weighted by molar-refractivity contribution is 0.466. The number of rotatable bonds is 2. The summed E-state index contributed by atoms with van der Waals surface area (Å²) < 4.78 is 0.803. The van der Waals surface area contributed by atoms with Gasteiger partial charge in [-0.1, -0.05) is 6.07 Å². The van der Waals surface area contributed by atoms with Crippen LogP contribution in [-0.4, -0.2) is 12.2 Å². The van der Waals surface area contributed by atoms with Crippen molar-refractivity contribution >= 4 is 15.9 Å². The maximum atomic E-state index is 9.61. The Balaban J connectivity index is 3.24. The Morgan fingerprint density at radius 3 is 2.62 bits per heavy atom. The average molecular weight is 244 g/mol. The molecule has 0 atom stereocenters. The second-order valence-corrected chi connectivity index (χ2v) is 3.96. The molecule has 0 aromatic heterocycles. The third kappa shape index (κ3) is 2.03. The zero-order valence-corrected chi connectivity index (χ0v) is 9.70. The van der Waals surface area contributed by atoms with Crippen molar-refractivity contribution in [3.8, 4) is 5.75 Å². The van der Waals surface area contributed by atoms with Gasteiger partial charge in [-0.2, -0.15) is 0 Å². The highest BCUT2D eigenvalue weighted by Crippen LogP contribution is 2.32. The lowest BCUT2D eigenvalue weighted by Gasteiger charge is -2.11. The van der Waals surface area contributed by atoms with Crippen LogP contribution >= 0.6 is 15.9 Å². The molecule has 0 aliphatic carbocycles. The smallest absolute Gasteiger partial charge is 0.132 e. The number of phenolic OH excluding ortho intramolecular Hbond substituents is 1. The summed E-state index contributed by atoms with van der Waals surface area (Å²) in [5, 5.41) is 12.7. The molecule has 1 rings (SSSR count). The number of nitrogens with one attached hydrogen (secondary N) is 1. The second kappa shape index (κ2) is 4.11. The summed E-state index contributed by atoms with van der Waals surface area (Å²) in [5.41, 5.74) is 3.21. The van der Waals surface area contributed by atoms with Crippen molar-refractivity contribution in [2.75, 3.05) is 7.05 Å². The Kier molecular flexibility index (Phi) is 3.33. The molecule has 0 fully saturated rings. The largest absolute Gasteiger partial charge is 0.506 e. The molecule has 72 valence electrons. The van der Waals surface area contributed by atoms with Gasteiger partial charge in [0.1, 0.15) is 5.75 Å². The SMILES string of the molecule is CNCc1cc(C)c(O)c(Br)c1C. The molecule has 3 heteroatoms. The van der Waals surface area contributed by atoms with E-state index >= 15 is 0 Å². The van der Waals surface area contributed by atoms with E-state index in [1.807, 2.05) is 27.0 Å². The second-order valence-electron chi connectivity index (χ2n) is 3.17. The van der Waals surface area contributed by atoms with Gasteiger partial charge >= 0.3 is 0 Å². The van der Waals surface area contributed by atoms with Gasteiger partial charge in [0.15, 0.2) is 0 Å². The maximum absolute atomic E-state index is 9.61. The van der Waals surface area contributed by atoms with Crippen LogP contribution in [0.15, 0.2) is 10.5 Å². The Morgan fingerprint density at radius 1 is 1.46 bits per heavy atom. The zero-order valence-electron chi connectivity index (χ0n) is 8.11. The molecular formula is C10H14BrNO. The summed E-state index contributed by atoms with van der Waals surface area (Å²) >= 11 is 3.37. The van der Waals surface area contributed by atoms with Gasteiger partial charge in [0.25, 0.3) is 0 Å². The lowest BCUT2D eigenvalue weighted by Crippen LogP contribution is -2.07. The van der Waals surface area contributed by atoms with Crippen molar-refractivity contribution in [3.63, 3.8) is 0 Å². The van der Waals surface area contributed by atoms with Gasteiger partial charge in [-0.15, -0.1) is 0 Å². The monoisotopic (exact) mass is 243 g/mol. The van der Waals surface area contributed by atoms with E-state index in [1.165, 1.54) is 5.56 Å². The fourth-order valence-corrected chi connectivity index (χ4v) is 1.87. The van der Waals surface area contributed by atoms with E-state index in [1.54, 1.807) is 0 Å². The first kappa shape index (κ1) is 10.5. The van der Waals surface area contributed by atoms with Crippen molar-refractivity contribution in [2.24, 2.45) is 0 Å². The van der Waals surface area contributed by atoms with Gasteiger partial charge in [-0.3, -0.25) is 0 Å². The van der Waals surface area contributed by atoms with Crippen molar-refractivity contribution < 1.29 is 5.11 Å². The van der Waals surface area contributed by atoms with Gasteiger partial charge < -0.3 is 10.4 Å². The van der Waals surface area contributed by atoms with Crippen molar-refractivity contribution in [1.82, 2.24) is 5.32 Å². The van der Waals surface area contributed by atoms with E-state index in [0.29, 0.717) is 5.75 Å². The summed E-state index contributed by atoms with van der Waals surface area (Å²) in [6.07, 6.45) is 0. The molecule has 1 aromatic rings. The van der Waals surface area contributed by atoms with Gasteiger partial charge in [0, 0.05) is 6.54 Å². The van der Waals surface area contributed by atoms with Crippen LogP contribution in [0.25, 0.3) is 0 Å². The van der Waals surface area contributed by atoms with Crippen molar-refractivity contribution in [3.05, 3.63) is 27.2 Å². The first-order valence-corrected chi connectivity index (χ1v) is 4.99. The average Bonchev–Trinajstić information content (AvgIpc) is 2.11.